The summed E-state index contributed by atoms with van der Waals surface area (Å²) >= 11 is 0. The summed E-state index contributed by atoms with van der Waals surface area (Å²) in [5.41, 5.74) is 7.53. The maximum atomic E-state index is 5.65. The van der Waals surface area contributed by atoms with Crippen LogP contribution in [0.3, 0.4) is 0 Å². The molecule has 170 valence electrons. The second-order valence-electron chi connectivity index (χ2n) is 8.66. The molecule has 4 aromatic rings. The fraction of sp³-hybridized carbons (Fsp3) is 0.320. The molecule has 0 saturated heterocycles. The molecule has 0 spiro atoms. The van der Waals surface area contributed by atoms with Crippen molar-refractivity contribution in [2.75, 3.05) is 31.3 Å². The third kappa shape index (κ3) is 4.47. The van der Waals surface area contributed by atoms with Gasteiger partial charge in [-0.15, -0.1) is 0 Å². The first-order valence-electron chi connectivity index (χ1n) is 11.1. The molecule has 0 atom stereocenters. The van der Waals surface area contributed by atoms with Crippen LogP contribution in [0.5, 0.6) is 5.75 Å². The Balaban J connectivity index is 1.38. The van der Waals surface area contributed by atoms with Gasteiger partial charge in [-0.3, -0.25) is 4.68 Å². The maximum Gasteiger partial charge on any atom is 0.227 e. The van der Waals surface area contributed by atoms with E-state index in [1.165, 1.54) is 11.1 Å². The van der Waals surface area contributed by atoms with Crippen LogP contribution in [0.4, 0.5) is 17.3 Å². The van der Waals surface area contributed by atoms with E-state index >= 15 is 0 Å². The first-order valence-corrected chi connectivity index (χ1v) is 11.1. The number of anilines is 3. The largest absolute Gasteiger partial charge is 0.495 e. The number of fused-ring (bicyclic) bond motifs is 2. The number of nitrogens with one attached hydrogen (secondary N) is 2. The molecule has 1 aliphatic rings. The summed E-state index contributed by atoms with van der Waals surface area (Å²) in [5.74, 6) is 1.35. The van der Waals surface area contributed by atoms with Gasteiger partial charge in [0.2, 0.25) is 5.95 Å². The topological polar surface area (TPSA) is 80.1 Å². The first kappa shape index (κ1) is 21.2. The number of likely N-dealkylation sites (N-methyl/N-ethyl adjacent to an activating group) is 1. The Bertz CT molecular complexity index is 1290. The Morgan fingerprint density at radius 1 is 1.09 bits per heavy atom. The zero-order valence-electron chi connectivity index (χ0n) is 19.5. The first-order chi connectivity index (χ1) is 16.0. The molecular formula is C25H29N7O. The van der Waals surface area contributed by atoms with E-state index < -0.39 is 0 Å². The van der Waals surface area contributed by atoms with E-state index in [1.54, 1.807) is 7.11 Å². The highest BCUT2D eigenvalue weighted by molar-refractivity contribution is 5.83. The van der Waals surface area contributed by atoms with Gasteiger partial charge in [0.15, 0.2) is 0 Å². The molecule has 0 bridgehead atoms. The van der Waals surface area contributed by atoms with Crippen molar-refractivity contribution in [1.82, 2.24) is 24.6 Å². The van der Waals surface area contributed by atoms with Crippen molar-refractivity contribution in [3.8, 4) is 5.75 Å². The number of ether oxygens (including phenoxy) is 1. The van der Waals surface area contributed by atoms with Gasteiger partial charge < -0.3 is 20.3 Å². The Hall–Kier alpha value is -3.65. The highest BCUT2D eigenvalue weighted by atomic mass is 16.5. The van der Waals surface area contributed by atoms with Gasteiger partial charge in [-0.05, 0) is 67.9 Å². The third-order valence-corrected chi connectivity index (χ3v) is 6.19. The Morgan fingerprint density at radius 2 is 1.97 bits per heavy atom. The average molecular weight is 444 g/mol. The molecule has 0 saturated carbocycles. The van der Waals surface area contributed by atoms with Gasteiger partial charge in [-0.1, -0.05) is 0 Å². The second kappa shape index (κ2) is 8.71. The number of aromatic nitrogens is 4. The molecule has 0 aliphatic carbocycles. The van der Waals surface area contributed by atoms with Crippen molar-refractivity contribution in [2.24, 2.45) is 7.05 Å². The summed E-state index contributed by atoms with van der Waals surface area (Å²) < 4.78 is 7.54. The summed E-state index contributed by atoms with van der Waals surface area (Å²) in [4.78, 5) is 11.6. The number of hydrogen-bond donors (Lipinski definition) is 2. The average Bonchev–Trinajstić information content (AvgIpc) is 3.14. The number of rotatable bonds is 6. The van der Waals surface area contributed by atoms with Gasteiger partial charge >= 0.3 is 0 Å². The van der Waals surface area contributed by atoms with E-state index in [4.69, 9.17) is 9.72 Å². The van der Waals surface area contributed by atoms with E-state index in [0.29, 0.717) is 12.5 Å². The number of nitrogens with zero attached hydrogens (tertiary/aromatic N) is 5. The maximum absolute atomic E-state index is 5.65. The molecule has 3 heterocycles. The van der Waals surface area contributed by atoms with Gasteiger partial charge in [-0.2, -0.15) is 5.10 Å². The van der Waals surface area contributed by atoms with Crippen LogP contribution >= 0.6 is 0 Å². The van der Waals surface area contributed by atoms with Crippen LogP contribution in [-0.4, -0.2) is 45.4 Å². The van der Waals surface area contributed by atoms with E-state index in [2.05, 4.69) is 50.9 Å². The fourth-order valence-corrected chi connectivity index (χ4v) is 4.22. The number of aryl methyl sites for hydroxylation is 2. The monoisotopic (exact) mass is 443 g/mol. The molecule has 8 heteroatoms. The van der Waals surface area contributed by atoms with Crippen molar-refractivity contribution in [2.45, 2.75) is 26.4 Å². The molecular weight excluding hydrogens is 414 g/mol. The lowest BCUT2D eigenvalue weighted by Gasteiger charge is -2.26. The van der Waals surface area contributed by atoms with Crippen LogP contribution in [0.25, 0.3) is 10.9 Å². The summed E-state index contributed by atoms with van der Waals surface area (Å²) in [5, 5.41) is 12.3. The molecule has 0 amide bonds. The van der Waals surface area contributed by atoms with Gasteiger partial charge in [0.1, 0.15) is 5.75 Å². The predicted molar refractivity (Wildman–Crippen MR) is 131 cm³/mol. The molecule has 5 rings (SSSR count). The van der Waals surface area contributed by atoms with Gasteiger partial charge in [-0.25, -0.2) is 9.97 Å². The van der Waals surface area contributed by atoms with E-state index in [1.807, 2.05) is 43.0 Å². The molecule has 1 aliphatic heterocycles. The van der Waals surface area contributed by atoms with Crippen LogP contribution in [0.1, 0.15) is 22.5 Å². The van der Waals surface area contributed by atoms with Crippen molar-refractivity contribution >= 4 is 28.2 Å². The summed E-state index contributed by atoms with van der Waals surface area (Å²) in [7, 11) is 5.80. The van der Waals surface area contributed by atoms with Crippen LogP contribution in [-0.2, 0) is 26.6 Å². The molecule has 0 unspecified atom stereocenters. The zero-order valence-corrected chi connectivity index (χ0v) is 19.5. The van der Waals surface area contributed by atoms with E-state index in [-0.39, 0.29) is 0 Å². The third-order valence-electron chi connectivity index (χ3n) is 6.19. The molecule has 2 aromatic heterocycles. The summed E-state index contributed by atoms with van der Waals surface area (Å²) in [6.07, 6.45) is 2.87. The van der Waals surface area contributed by atoms with E-state index in [9.17, 15) is 0 Å². The van der Waals surface area contributed by atoms with Gasteiger partial charge in [0, 0.05) is 43.1 Å². The van der Waals surface area contributed by atoms with E-state index in [0.717, 1.165) is 58.9 Å². The van der Waals surface area contributed by atoms with Gasteiger partial charge in [0.25, 0.3) is 0 Å². The smallest absolute Gasteiger partial charge is 0.227 e. The predicted octanol–water partition coefficient (Wildman–Crippen LogP) is 4.02. The summed E-state index contributed by atoms with van der Waals surface area (Å²) in [6, 6.07) is 12.5. The molecule has 33 heavy (non-hydrogen) atoms. The van der Waals surface area contributed by atoms with Crippen molar-refractivity contribution in [3.05, 3.63) is 65.1 Å². The van der Waals surface area contributed by atoms with Gasteiger partial charge in [0.05, 0.1) is 30.6 Å². The van der Waals surface area contributed by atoms with Crippen LogP contribution in [0.2, 0.25) is 0 Å². The number of hydrogen-bond acceptors (Lipinski definition) is 7. The highest BCUT2D eigenvalue weighted by Gasteiger charge is 2.17. The van der Waals surface area contributed by atoms with Crippen LogP contribution in [0, 0.1) is 6.92 Å². The SMILES string of the molecule is COc1cc2c(cc1Nc1ncc3ccc(NCc4cc(C)n(C)n4)cc3n1)CN(C)CC2. The lowest BCUT2D eigenvalue weighted by Crippen LogP contribution is -2.26. The second-order valence-corrected chi connectivity index (χ2v) is 8.66. The quantitative estimate of drug-likeness (QED) is 0.466. The summed E-state index contributed by atoms with van der Waals surface area (Å²) in [6.45, 7) is 4.70. The standard InChI is InChI=1S/C25H29N7O/c1-16-9-21(30-32(16)3)14-26-20-6-5-18-13-27-25(28-22(18)12-20)29-23-10-19-15-31(2)8-7-17(19)11-24(23)33-4/h5-6,9-13,26H,7-8,14-15H2,1-4H3,(H,27,28,29). The minimum absolute atomic E-state index is 0.544. The lowest BCUT2D eigenvalue weighted by molar-refractivity contribution is 0.312. The zero-order chi connectivity index (χ0) is 22.9. The fourth-order valence-electron chi connectivity index (χ4n) is 4.22. The normalized spacial score (nSPS) is 13.7. The number of benzene rings is 2. The van der Waals surface area contributed by atoms with Crippen molar-refractivity contribution < 1.29 is 4.74 Å². The molecule has 0 radical (unpaired) electrons. The highest BCUT2D eigenvalue weighted by Crippen LogP contribution is 2.33. The molecule has 2 aromatic carbocycles. The lowest BCUT2D eigenvalue weighted by atomic mass is 9.99. The Kier molecular flexibility index (Phi) is 5.60. The molecule has 0 fully saturated rings. The molecule has 8 nitrogen and oxygen atoms in total. The minimum Gasteiger partial charge on any atom is -0.495 e. The Labute approximate surface area is 193 Å². The molecule has 2 N–H and O–H groups in total. The number of methoxy groups -OCH3 is 1. The minimum atomic E-state index is 0.544. The van der Waals surface area contributed by atoms with Crippen molar-refractivity contribution in [1.29, 1.82) is 0 Å². The van der Waals surface area contributed by atoms with Crippen molar-refractivity contribution in [3.63, 3.8) is 0 Å². The Morgan fingerprint density at radius 3 is 2.76 bits per heavy atom. The van der Waals surface area contributed by atoms with Crippen LogP contribution < -0.4 is 15.4 Å². The van der Waals surface area contributed by atoms with Crippen LogP contribution in [0.15, 0.2) is 42.6 Å².